The lowest BCUT2D eigenvalue weighted by molar-refractivity contribution is -0.152. The van der Waals surface area contributed by atoms with Crippen molar-refractivity contribution in [2.24, 2.45) is 5.41 Å². The molecule has 5 nitrogen and oxygen atoms in total. The zero-order valence-corrected chi connectivity index (χ0v) is 17.2. The van der Waals surface area contributed by atoms with E-state index in [2.05, 4.69) is 0 Å². The Morgan fingerprint density at radius 3 is 2.82 bits per heavy atom. The molecule has 1 aliphatic carbocycles. The van der Waals surface area contributed by atoms with E-state index in [-0.39, 0.29) is 18.1 Å². The molecule has 0 N–H and O–H groups in total. The van der Waals surface area contributed by atoms with E-state index in [9.17, 15) is 9.18 Å². The fourth-order valence-electron chi connectivity index (χ4n) is 3.90. The SMILES string of the molecule is COc1ccccc1-c1csc([C@H]2CN(C(=O)C3(C(C)F)CC3)C[C@@H](C)O2)n1. The van der Waals surface area contributed by atoms with Gasteiger partial charge in [-0.2, -0.15) is 0 Å². The van der Waals surface area contributed by atoms with Gasteiger partial charge in [0.25, 0.3) is 0 Å². The first kappa shape index (κ1) is 19.3. The average molecular weight is 405 g/mol. The summed E-state index contributed by atoms with van der Waals surface area (Å²) in [7, 11) is 1.64. The van der Waals surface area contributed by atoms with E-state index in [1.807, 2.05) is 36.6 Å². The number of aromatic nitrogens is 1. The molecule has 2 aromatic rings. The van der Waals surface area contributed by atoms with E-state index >= 15 is 0 Å². The third-order valence-electron chi connectivity index (χ3n) is 5.70. The Bertz CT molecular complexity index is 865. The van der Waals surface area contributed by atoms with Crippen LogP contribution in [-0.4, -0.2) is 48.3 Å². The van der Waals surface area contributed by atoms with E-state index < -0.39 is 11.6 Å². The largest absolute Gasteiger partial charge is 0.496 e. The zero-order valence-electron chi connectivity index (χ0n) is 16.4. The normalized spacial score (nSPS) is 24.6. The van der Waals surface area contributed by atoms with Crippen molar-refractivity contribution in [3.63, 3.8) is 0 Å². The lowest BCUT2D eigenvalue weighted by atomic mass is 9.99. The zero-order chi connectivity index (χ0) is 19.9. The lowest BCUT2D eigenvalue weighted by Gasteiger charge is -2.38. The second-order valence-electron chi connectivity index (χ2n) is 7.69. The monoisotopic (exact) mass is 404 g/mol. The number of rotatable bonds is 5. The van der Waals surface area contributed by atoms with Crippen molar-refractivity contribution in [2.75, 3.05) is 20.2 Å². The van der Waals surface area contributed by atoms with Gasteiger partial charge in [-0.05, 0) is 38.8 Å². The third-order valence-corrected chi connectivity index (χ3v) is 6.64. The number of nitrogens with zero attached hydrogens (tertiary/aromatic N) is 2. The van der Waals surface area contributed by atoms with Crippen LogP contribution in [0, 0.1) is 5.41 Å². The second kappa shape index (κ2) is 7.44. The Kier molecular flexibility index (Phi) is 5.14. The molecule has 3 atom stereocenters. The summed E-state index contributed by atoms with van der Waals surface area (Å²) in [6.45, 7) is 4.34. The number of carbonyl (C=O) groups is 1. The summed E-state index contributed by atoms with van der Waals surface area (Å²) in [4.78, 5) is 19.5. The van der Waals surface area contributed by atoms with E-state index in [0.29, 0.717) is 25.9 Å². The van der Waals surface area contributed by atoms with Gasteiger partial charge in [0.2, 0.25) is 5.91 Å². The molecule has 4 rings (SSSR count). The summed E-state index contributed by atoms with van der Waals surface area (Å²) in [6, 6.07) is 7.74. The van der Waals surface area contributed by atoms with Crippen LogP contribution < -0.4 is 4.74 Å². The number of thiazole rings is 1. The lowest BCUT2D eigenvalue weighted by Crippen LogP contribution is -2.50. The maximum Gasteiger partial charge on any atom is 0.231 e. The van der Waals surface area contributed by atoms with Gasteiger partial charge in [0, 0.05) is 17.5 Å². The van der Waals surface area contributed by atoms with Gasteiger partial charge in [-0.1, -0.05) is 12.1 Å². The molecule has 7 heteroatoms. The highest BCUT2D eigenvalue weighted by Crippen LogP contribution is 2.52. The van der Waals surface area contributed by atoms with Gasteiger partial charge in [-0.3, -0.25) is 4.79 Å². The van der Waals surface area contributed by atoms with Gasteiger partial charge in [-0.15, -0.1) is 11.3 Å². The van der Waals surface area contributed by atoms with Crippen molar-refractivity contribution in [1.82, 2.24) is 9.88 Å². The van der Waals surface area contributed by atoms with Crippen LogP contribution in [0.5, 0.6) is 5.75 Å². The second-order valence-corrected chi connectivity index (χ2v) is 8.58. The minimum Gasteiger partial charge on any atom is -0.496 e. The number of carbonyl (C=O) groups excluding carboxylic acids is 1. The first-order valence-corrected chi connectivity index (χ1v) is 10.5. The van der Waals surface area contributed by atoms with Crippen molar-refractivity contribution < 1.29 is 18.7 Å². The van der Waals surface area contributed by atoms with E-state index in [1.54, 1.807) is 12.0 Å². The Morgan fingerprint density at radius 2 is 2.14 bits per heavy atom. The maximum absolute atomic E-state index is 14.0. The Labute approximate surface area is 168 Å². The molecule has 0 radical (unpaired) electrons. The standard InChI is InChI=1S/C21H25FN2O3S/c1-13-10-24(20(25)21(8-9-21)14(2)22)11-18(27-13)19-23-16(12-28-19)15-6-4-5-7-17(15)26-3/h4-7,12-14,18H,8-11H2,1-3H3/t13-,14?,18-/m1/s1. The molecule has 2 fully saturated rings. The van der Waals surface area contributed by atoms with Gasteiger partial charge in [0.1, 0.15) is 23.0 Å². The van der Waals surface area contributed by atoms with Crippen LogP contribution in [-0.2, 0) is 9.53 Å². The number of amides is 1. The predicted octanol–water partition coefficient (Wildman–Crippen LogP) is 4.25. The fraction of sp³-hybridized carbons (Fsp3) is 0.524. The molecule has 1 aliphatic heterocycles. The third kappa shape index (κ3) is 3.42. The number of methoxy groups -OCH3 is 1. The Hall–Kier alpha value is -1.99. The number of benzene rings is 1. The van der Waals surface area contributed by atoms with Crippen LogP contribution in [0.4, 0.5) is 4.39 Å². The summed E-state index contributed by atoms with van der Waals surface area (Å²) < 4.78 is 25.5. The van der Waals surface area contributed by atoms with Crippen molar-refractivity contribution in [3.8, 4) is 17.0 Å². The number of halogens is 1. The molecule has 1 saturated heterocycles. The van der Waals surface area contributed by atoms with E-state index in [1.165, 1.54) is 18.3 Å². The number of hydrogen-bond acceptors (Lipinski definition) is 5. The molecule has 1 saturated carbocycles. The highest BCUT2D eigenvalue weighted by molar-refractivity contribution is 7.10. The number of para-hydroxylation sites is 1. The maximum atomic E-state index is 14.0. The van der Waals surface area contributed by atoms with Crippen molar-refractivity contribution >= 4 is 17.2 Å². The average Bonchev–Trinajstić information content (AvgIpc) is 3.37. The minimum absolute atomic E-state index is 0.0795. The summed E-state index contributed by atoms with van der Waals surface area (Å²) in [5.41, 5.74) is 0.938. The number of morpholine rings is 1. The van der Waals surface area contributed by atoms with Gasteiger partial charge >= 0.3 is 0 Å². The predicted molar refractivity (Wildman–Crippen MR) is 106 cm³/mol. The fourth-order valence-corrected chi connectivity index (χ4v) is 4.75. The highest BCUT2D eigenvalue weighted by Gasteiger charge is 2.57. The first-order chi connectivity index (χ1) is 13.4. The summed E-state index contributed by atoms with van der Waals surface area (Å²) in [6.07, 6.45) is -0.267. The molecular formula is C21H25FN2O3S. The van der Waals surface area contributed by atoms with Gasteiger partial charge in [0.05, 0.1) is 30.9 Å². The summed E-state index contributed by atoms with van der Waals surface area (Å²) in [5, 5.41) is 2.80. The molecule has 1 aromatic heterocycles. The van der Waals surface area contributed by atoms with E-state index in [4.69, 9.17) is 14.5 Å². The summed E-state index contributed by atoms with van der Waals surface area (Å²) in [5.74, 6) is 0.686. The molecule has 0 bridgehead atoms. The molecule has 1 amide bonds. The number of hydrogen-bond donors (Lipinski definition) is 0. The molecule has 150 valence electrons. The van der Waals surface area contributed by atoms with Crippen molar-refractivity contribution in [1.29, 1.82) is 0 Å². The van der Waals surface area contributed by atoms with Crippen molar-refractivity contribution in [3.05, 3.63) is 34.7 Å². The van der Waals surface area contributed by atoms with E-state index in [0.717, 1.165) is 22.0 Å². The van der Waals surface area contributed by atoms with Gasteiger partial charge < -0.3 is 14.4 Å². The van der Waals surface area contributed by atoms with Gasteiger partial charge in [-0.25, -0.2) is 9.37 Å². The van der Waals surface area contributed by atoms with Crippen LogP contribution in [0.2, 0.25) is 0 Å². The Balaban J connectivity index is 1.55. The smallest absolute Gasteiger partial charge is 0.231 e. The number of alkyl halides is 1. The minimum atomic E-state index is -1.12. The van der Waals surface area contributed by atoms with Crippen LogP contribution in [0.1, 0.15) is 37.8 Å². The van der Waals surface area contributed by atoms with Crippen LogP contribution in [0.25, 0.3) is 11.3 Å². The topological polar surface area (TPSA) is 51.7 Å². The molecule has 0 spiro atoms. The quantitative estimate of drug-likeness (QED) is 0.748. The Morgan fingerprint density at radius 1 is 1.39 bits per heavy atom. The molecule has 2 heterocycles. The molecule has 2 aliphatic rings. The molecule has 1 aromatic carbocycles. The molecule has 28 heavy (non-hydrogen) atoms. The van der Waals surface area contributed by atoms with Crippen LogP contribution in [0.3, 0.4) is 0 Å². The first-order valence-electron chi connectivity index (χ1n) is 9.62. The van der Waals surface area contributed by atoms with Crippen LogP contribution >= 0.6 is 11.3 Å². The number of ether oxygens (including phenoxy) is 2. The van der Waals surface area contributed by atoms with Gasteiger partial charge in [0.15, 0.2) is 0 Å². The molecular weight excluding hydrogens is 379 g/mol. The van der Waals surface area contributed by atoms with Crippen LogP contribution in [0.15, 0.2) is 29.6 Å². The highest BCUT2D eigenvalue weighted by atomic mass is 32.1. The summed E-state index contributed by atoms with van der Waals surface area (Å²) >= 11 is 1.51. The van der Waals surface area contributed by atoms with Crippen molar-refractivity contribution in [2.45, 2.75) is 45.1 Å². The molecule has 1 unspecified atom stereocenters.